The van der Waals surface area contributed by atoms with E-state index in [9.17, 15) is 4.79 Å². The third-order valence-electron chi connectivity index (χ3n) is 2.81. The summed E-state index contributed by atoms with van der Waals surface area (Å²) in [7, 11) is 1.87. The number of rotatable bonds is 4. The molecule has 5 nitrogen and oxygen atoms in total. The molecule has 0 amide bonds. The SMILES string of the molecule is CC(Nc1ccc(C(=O)O)cc1Br)c1cnn(C)c1. The Balaban J connectivity index is 2.17. The molecule has 0 saturated heterocycles. The fourth-order valence-electron chi connectivity index (χ4n) is 1.75. The van der Waals surface area contributed by atoms with E-state index in [0.29, 0.717) is 0 Å². The number of hydrogen-bond donors (Lipinski definition) is 2. The molecule has 0 spiro atoms. The minimum absolute atomic E-state index is 0.0840. The van der Waals surface area contributed by atoms with Crippen molar-refractivity contribution in [1.29, 1.82) is 0 Å². The van der Waals surface area contributed by atoms with Crippen molar-refractivity contribution in [2.24, 2.45) is 7.05 Å². The second-order valence-corrected chi connectivity index (χ2v) is 5.17. The molecule has 6 heteroatoms. The summed E-state index contributed by atoms with van der Waals surface area (Å²) in [4.78, 5) is 10.9. The molecular weight excluding hydrogens is 310 g/mol. The first-order valence-corrected chi connectivity index (χ1v) is 6.54. The first-order valence-electron chi connectivity index (χ1n) is 5.75. The Kier molecular flexibility index (Phi) is 3.90. The molecule has 1 atom stereocenters. The van der Waals surface area contributed by atoms with Crippen LogP contribution in [-0.2, 0) is 7.05 Å². The molecule has 1 heterocycles. The predicted octanol–water partition coefficient (Wildman–Crippen LogP) is 3.05. The van der Waals surface area contributed by atoms with Gasteiger partial charge in [0.25, 0.3) is 0 Å². The van der Waals surface area contributed by atoms with Gasteiger partial charge in [0, 0.05) is 29.0 Å². The highest BCUT2D eigenvalue weighted by atomic mass is 79.9. The van der Waals surface area contributed by atoms with Gasteiger partial charge in [0.1, 0.15) is 0 Å². The van der Waals surface area contributed by atoms with E-state index in [0.717, 1.165) is 15.7 Å². The second-order valence-electron chi connectivity index (χ2n) is 4.31. The molecule has 1 unspecified atom stereocenters. The van der Waals surface area contributed by atoms with Crippen LogP contribution in [0.2, 0.25) is 0 Å². The molecule has 100 valence electrons. The molecule has 0 saturated carbocycles. The maximum Gasteiger partial charge on any atom is 0.335 e. The van der Waals surface area contributed by atoms with E-state index in [4.69, 9.17) is 5.11 Å². The van der Waals surface area contributed by atoms with Gasteiger partial charge >= 0.3 is 5.97 Å². The molecule has 0 fully saturated rings. The van der Waals surface area contributed by atoms with E-state index in [1.165, 1.54) is 0 Å². The van der Waals surface area contributed by atoms with Gasteiger partial charge in [-0.15, -0.1) is 0 Å². The number of halogens is 1. The van der Waals surface area contributed by atoms with Crippen molar-refractivity contribution >= 4 is 27.6 Å². The average molecular weight is 324 g/mol. The highest BCUT2D eigenvalue weighted by Crippen LogP contribution is 2.27. The third-order valence-corrected chi connectivity index (χ3v) is 3.47. The number of nitrogens with zero attached hydrogens (tertiary/aromatic N) is 2. The van der Waals surface area contributed by atoms with Gasteiger partial charge in [-0.3, -0.25) is 4.68 Å². The van der Waals surface area contributed by atoms with Crippen molar-refractivity contribution in [1.82, 2.24) is 9.78 Å². The van der Waals surface area contributed by atoms with Gasteiger partial charge in [0.05, 0.1) is 17.8 Å². The first kappa shape index (κ1) is 13.6. The number of anilines is 1. The summed E-state index contributed by atoms with van der Waals surface area (Å²) in [6.45, 7) is 2.02. The van der Waals surface area contributed by atoms with Crippen molar-refractivity contribution in [2.45, 2.75) is 13.0 Å². The molecule has 2 rings (SSSR count). The van der Waals surface area contributed by atoms with Crippen LogP contribution in [0.3, 0.4) is 0 Å². The van der Waals surface area contributed by atoms with E-state index in [1.54, 1.807) is 29.1 Å². The van der Waals surface area contributed by atoms with Crippen molar-refractivity contribution < 1.29 is 9.90 Å². The van der Waals surface area contributed by atoms with Crippen LogP contribution in [0.1, 0.15) is 28.9 Å². The van der Waals surface area contributed by atoms with Gasteiger partial charge in [-0.2, -0.15) is 5.10 Å². The van der Waals surface area contributed by atoms with E-state index in [-0.39, 0.29) is 11.6 Å². The Hall–Kier alpha value is -1.82. The van der Waals surface area contributed by atoms with Gasteiger partial charge in [-0.25, -0.2) is 4.79 Å². The van der Waals surface area contributed by atoms with Gasteiger partial charge in [0.15, 0.2) is 0 Å². The Bertz CT molecular complexity index is 610. The number of aromatic carboxylic acids is 1. The van der Waals surface area contributed by atoms with E-state index >= 15 is 0 Å². The van der Waals surface area contributed by atoms with Crippen molar-refractivity contribution in [3.8, 4) is 0 Å². The van der Waals surface area contributed by atoms with Crippen LogP contribution in [0.4, 0.5) is 5.69 Å². The molecule has 0 radical (unpaired) electrons. The minimum atomic E-state index is -0.937. The number of carbonyl (C=O) groups is 1. The quantitative estimate of drug-likeness (QED) is 0.907. The fraction of sp³-hybridized carbons (Fsp3) is 0.231. The van der Waals surface area contributed by atoms with Crippen LogP contribution in [0.15, 0.2) is 35.1 Å². The molecule has 0 aliphatic heterocycles. The van der Waals surface area contributed by atoms with E-state index < -0.39 is 5.97 Å². The summed E-state index contributed by atoms with van der Waals surface area (Å²) in [5, 5.41) is 16.3. The Labute approximate surface area is 119 Å². The summed E-state index contributed by atoms with van der Waals surface area (Å²) in [6.07, 6.45) is 3.74. The lowest BCUT2D eigenvalue weighted by Crippen LogP contribution is -2.07. The van der Waals surface area contributed by atoms with Gasteiger partial charge in [-0.05, 0) is 41.1 Å². The topological polar surface area (TPSA) is 67.2 Å². The fourth-order valence-corrected chi connectivity index (χ4v) is 2.24. The van der Waals surface area contributed by atoms with Crippen LogP contribution < -0.4 is 5.32 Å². The maximum atomic E-state index is 10.9. The summed E-state index contributed by atoms with van der Waals surface area (Å²) in [5.41, 5.74) is 2.17. The number of benzene rings is 1. The standard InChI is InChI=1S/C13H14BrN3O2/c1-8(10-6-15-17(2)7-10)16-12-4-3-9(13(18)19)5-11(12)14/h3-8,16H,1-2H3,(H,18,19). The van der Waals surface area contributed by atoms with E-state index in [2.05, 4.69) is 26.3 Å². The maximum absolute atomic E-state index is 10.9. The third kappa shape index (κ3) is 3.14. The second kappa shape index (κ2) is 5.44. The molecule has 0 aliphatic carbocycles. The summed E-state index contributed by atoms with van der Waals surface area (Å²) >= 11 is 3.38. The number of aromatic nitrogens is 2. The van der Waals surface area contributed by atoms with Crippen molar-refractivity contribution in [3.05, 3.63) is 46.2 Å². The predicted molar refractivity (Wildman–Crippen MR) is 76.3 cm³/mol. The average Bonchev–Trinajstić information content (AvgIpc) is 2.78. The highest BCUT2D eigenvalue weighted by Gasteiger charge is 2.11. The lowest BCUT2D eigenvalue weighted by atomic mass is 10.1. The number of hydrogen-bond acceptors (Lipinski definition) is 3. The Morgan fingerprint density at radius 3 is 2.79 bits per heavy atom. The largest absolute Gasteiger partial charge is 0.478 e. The molecular formula is C13H14BrN3O2. The van der Waals surface area contributed by atoms with Crippen LogP contribution in [0, 0.1) is 0 Å². The van der Waals surface area contributed by atoms with Crippen LogP contribution in [-0.4, -0.2) is 20.9 Å². The van der Waals surface area contributed by atoms with E-state index in [1.807, 2.05) is 20.2 Å². The van der Waals surface area contributed by atoms with Crippen molar-refractivity contribution in [2.75, 3.05) is 5.32 Å². The van der Waals surface area contributed by atoms with Gasteiger partial charge in [-0.1, -0.05) is 0 Å². The number of aryl methyl sites for hydroxylation is 1. The smallest absolute Gasteiger partial charge is 0.335 e. The minimum Gasteiger partial charge on any atom is -0.478 e. The Morgan fingerprint density at radius 2 is 2.26 bits per heavy atom. The first-order chi connectivity index (χ1) is 8.97. The number of carboxylic acid groups (broad SMARTS) is 1. The zero-order valence-electron chi connectivity index (χ0n) is 10.6. The zero-order valence-corrected chi connectivity index (χ0v) is 12.2. The molecule has 1 aromatic heterocycles. The summed E-state index contributed by atoms with van der Waals surface area (Å²) < 4.78 is 2.47. The molecule has 1 aromatic carbocycles. The molecule has 0 aliphatic rings. The van der Waals surface area contributed by atoms with Crippen LogP contribution in [0.25, 0.3) is 0 Å². The van der Waals surface area contributed by atoms with Crippen molar-refractivity contribution in [3.63, 3.8) is 0 Å². The van der Waals surface area contributed by atoms with Gasteiger partial charge in [0.2, 0.25) is 0 Å². The number of carboxylic acids is 1. The normalized spacial score (nSPS) is 12.2. The summed E-state index contributed by atoms with van der Waals surface area (Å²) in [5.74, 6) is -0.937. The number of nitrogens with one attached hydrogen (secondary N) is 1. The molecule has 19 heavy (non-hydrogen) atoms. The zero-order chi connectivity index (χ0) is 14.0. The monoisotopic (exact) mass is 323 g/mol. The van der Waals surface area contributed by atoms with Crippen LogP contribution in [0.5, 0.6) is 0 Å². The van der Waals surface area contributed by atoms with Crippen LogP contribution >= 0.6 is 15.9 Å². The van der Waals surface area contributed by atoms with Gasteiger partial charge < -0.3 is 10.4 Å². The summed E-state index contributed by atoms with van der Waals surface area (Å²) in [6, 6.07) is 4.99. The lowest BCUT2D eigenvalue weighted by molar-refractivity contribution is 0.0697. The molecule has 2 aromatic rings. The molecule has 0 bridgehead atoms. The molecule has 2 N–H and O–H groups in total. The highest BCUT2D eigenvalue weighted by molar-refractivity contribution is 9.10. The Morgan fingerprint density at radius 1 is 1.53 bits per heavy atom. The lowest BCUT2D eigenvalue weighted by Gasteiger charge is -2.15.